The number of rotatable bonds is 5. The van der Waals surface area contributed by atoms with Gasteiger partial charge in [-0.25, -0.2) is 0 Å². The quantitative estimate of drug-likeness (QED) is 0.641. The van der Waals surface area contributed by atoms with Gasteiger partial charge in [-0.3, -0.25) is 15.1 Å². The van der Waals surface area contributed by atoms with Gasteiger partial charge in [0.2, 0.25) is 0 Å². The minimum atomic E-state index is -0.274. The van der Waals surface area contributed by atoms with Crippen LogP contribution < -0.4 is 15.4 Å². The largest absolute Gasteiger partial charge is 0.494 e. The zero-order chi connectivity index (χ0) is 19.2. The van der Waals surface area contributed by atoms with E-state index in [1.54, 1.807) is 24.3 Å². The van der Waals surface area contributed by atoms with E-state index in [0.29, 0.717) is 12.2 Å². The summed E-state index contributed by atoms with van der Waals surface area (Å²) in [6, 6.07) is 16.7. The van der Waals surface area contributed by atoms with E-state index in [0.717, 1.165) is 34.5 Å². The van der Waals surface area contributed by atoms with Crippen molar-refractivity contribution in [1.29, 1.82) is 0 Å². The summed E-state index contributed by atoms with van der Waals surface area (Å²) in [6.45, 7) is 4.64. The Morgan fingerprint density at radius 1 is 1.11 bits per heavy atom. The smallest absolute Gasteiger partial charge is 0.257 e. The lowest BCUT2D eigenvalue weighted by Gasteiger charge is -2.12. The van der Waals surface area contributed by atoms with Crippen LogP contribution in [0.3, 0.4) is 0 Å². The lowest BCUT2D eigenvalue weighted by atomic mass is 10.1. The average molecular weight is 379 g/mol. The first kappa shape index (κ1) is 18.8. The van der Waals surface area contributed by atoms with Crippen LogP contribution in [0.5, 0.6) is 5.75 Å². The fourth-order valence-corrected chi connectivity index (χ4v) is 2.82. The van der Waals surface area contributed by atoms with Gasteiger partial charge < -0.3 is 10.1 Å². The summed E-state index contributed by atoms with van der Waals surface area (Å²) in [7, 11) is 0. The maximum Gasteiger partial charge on any atom is 0.257 e. The summed E-state index contributed by atoms with van der Waals surface area (Å²) in [4.78, 5) is 16.9. The number of ether oxygens (including phenoxy) is 1. The first-order valence-electron chi connectivity index (χ1n) is 8.78. The number of hydrogen-bond donors (Lipinski definition) is 2. The third-order valence-electron chi connectivity index (χ3n) is 3.94. The second-order valence-corrected chi connectivity index (χ2v) is 6.51. The number of nitrogens with zero attached hydrogens (tertiary/aromatic N) is 1. The Balaban J connectivity index is 1.66. The molecular weight excluding hydrogens is 358 g/mol. The van der Waals surface area contributed by atoms with Gasteiger partial charge in [-0.1, -0.05) is 13.0 Å². The van der Waals surface area contributed by atoms with Crippen LogP contribution in [0.4, 0.5) is 5.69 Å². The first-order chi connectivity index (χ1) is 13.1. The van der Waals surface area contributed by atoms with Crippen molar-refractivity contribution < 1.29 is 9.53 Å². The lowest BCUT2D eigenvalue weighted by molar-refractivity contribution is 0.0977. The number of nitrogens with one attached hydrogen (secondary N) is 2. The summed E-state index contributed by atoms with van der Waals surface area (Å²) < 4.78 is 5.52. The molecule has 3 aromatic rings. The van der Waals surface area contributed by atoms with Gasteiger partial charge in [-0.2, -0.15) is 0 Å². The maximum atomic E-state index is 12.4. The normalized spacial score (nSPS) is 10.4. The fourth-order valence-electron chi connectivity index (χ4n) is 2.62. The Bertz CT molecular complexity index is 971. The Labute approximate surface area is 163 Å². The Morgan fingerprint density at radius 2 is 1.89 bits per heavy atom. The minimum absolute atomic E-state index is 0.236. The van der Waals surface area contributed by atoms with Crippen molar-refractivity contribution in [2.24, 2.45) is 0 Å². The zero-order valence-corrected chi connectivity index (χ0v) is 16.1. The highest BCUT2D eigenvalue weighted by Crippen LogP contribution is 2.22. The standard InChI is InChI=1S/C21H21N3O2S/c1-3-13-26-16-10-8-15(9-11-16)20(25)24-21(27)23-19-6-4-5-18-17(19)12-7-14(2)22-18/h4-12H,3,13H2,1-2H3,(H2,23,24,25,27). The van der Waals surface area contributed by atoms with Crippen LogP contribution in [0.25, 0.3) is 10.9 Å². The molecule has 1 amide bonds. The minimum Gasteiger partial charge on any atom is -0.494 e. The number of thiocarbonyl (C=S) groups is 1. The molecule has 1 heterocycles. The van der Waals surface area contributed by atoms with Crippen molar-refractivity contribution in [3.05, 3.63) is 65.9 Å². The highest BCUT2D eigenvalue weighted by atomic mass is 32.1. The van der Waals surface area contributed by atoms with E-state index in [9.17, 15) is 4.79 Å². The summed E-state index contributed by atoms with van der Waals surface area (Å²) >= 11 is 5.30. The molecule has 0 aliphatic heterocycles. The van der Waals surface area contributed by atoms with Gasteiger partial charge in [0.25, 0.3) is 5.91 Å². The van der Waals surface area contributed by atoms with Crippen LogP contribution in [0, 0.1) is 6.92 Å². The van der Waals surface area contributed by atoms with Crippen molar-refractivity contribution in [2.45, 2.75) is 20.3 Å². The first-order valence-corrected chi connectivity index (χ1v) is 9.19. The molecule has 0 saturated carbocycles. The van der Waals surface area contributed by atoms with Gasteiger partial charge >= 0.3 is 0 Å². The number of benzene rings is 2. The molecule has 2 N–H and O–H groups in total. The van der Waals surface area contributed by atoms with E-state index < -0.39 is 0 Å². The number of hydrogen-bond acceptors (Lipinski definition) is 4. The maximum absolute atomic E-state index is 12.4. The number of aromatic nitrogens is 1. The molecule has 0 fully saturated rings. The zero-order valence-electron chi connectivity index (χ0n) is 15.3. The molecule has 0 bridgehead atoms. The topological polar surface area (TPSA) is 63.2 Å². The molecule has 0 spiro atoms. The number of aryl methyl sites for hydroxylation is 1. The molecule has 2 aromatic carbocycles. The number of anilines is 1. The number of carbonyl (C=O) groups excluding carboxylic acids is 1. The third kappa shape index (κ3) is 4.80. The number of amides is 1. The molecule has 0 unspecified atom stereocenters. The Hall–Kier alpha value is -2.99. The van der Waals surface area contributed by atoms with Gasteiger partial charge in [0.1, 0.15) is 5.75 Å². The molecule has 27 heavy (non-hydrogen) atoms. The van der Waals surface area contributed by atoms with Crippen LogP contribution in [0.1, 0.15) is 29.4 Å². The number of carbonyl (C=O) groups is 1. The second-order valence-electron chi connectivity index (χ2n) is 6.11. The Morgan fingerprint density at radius 3 is 2.63 bits per heavy atom. The molecule has 0 radical (unpaired) electrons. The summed E-state index contributed by atoms with van der Waals surface area (Å²) in [5.41, 5.74) is 3.13. The summed E-state index contributed by atoms with van der Waals surface area (Å²) in [6.07, 6.45) is 0.936. The molecule has 0 atom stereocenters. The van der Waals surface area contributed by atoms with E-state index >= 15 is 0 Å². The van der Waals surface area contributed by atoms with Crippen LogP contribution in [0.2, 0.25) is 0 Å². The van der Waals surface area contributed by atoms with Crippen molar-refractivity contribution in [3.8, 4) is 5.75 Å². The predicted octanol–water partition coefficient (Wildman–Crippen LogP) is 4.46. The molecule has 5 nitrogen and oxygen atoms in total. The fraction of sp³-hybridized carbons (Fsp3) is 0.190. The monoisotopic (exact) mass is 379 g/mol. The summed E-state index contributed by atoms with van der Waals surface area (Å²) in [5.74, 6) is 0.469. The second kappa shape index (κ2) is 8.60. The van der Waals surface area contributed by atoms with E-state index in [2.05, 4.69) is 15.6 Å². The molecule has 1 aromatic heterocycles. The molecule has 3 rings (SSSR count). The van der Waals surface area contributed by atoms with Crippen molar-refractivity contribution in [1.82, 2.24) is 10.3 Å². The van der Waals surface area contributed by atoms with Gasteiger partial charge in [0.15, 0.2) is 5.11 Å². The third-order valence-corrected chi connectivity index (χ3v) is 4.14. The Kier molecular flexibility index (Phi) is 5.98. The average Bonchev–Trinajstić information content (AvgIpc) is 2.66. The van der Waals surface area contributed by atoms with Gasteiger partial charge in [-0.15, -0.1) is 0 Å². The lowest BCUT2D eigenvalue weighted by Crippen LogP contribution is -2.34. The van der Waals surface area contributed by atoms with E-state index in [1.165, 1.54) is 0 Å². The highest BCUT2D eigenvalue weighted by Gasteiger charge is 2.10. The van der Waals surface area contributed by atoms with E-state index in [-0.39, 0.29) is 11.0 Å². The van der Waals surface area contributed by atoms with Crippen molar-refractivity contribution >= 4 is 39.8 Å². The van der Waals surface area contributed by atoms with Gasteiger partial charge in [0, 0.05) is 22.3 Å². The molecule has 6 heteroatoms. The van der Waals surface area contributed by atoms with Crippen LogP contribution in [-0.4, -0.2) is 22.6 Å². The SMILES string of the molecule is CCCOc1ccc(C(=O)NC(=S)Nc2cccc3nc(C)ccc23)cc1. The number of pyridine rings is 1. The number of fused-ring (bicyclic) bond motifs is 1. The van der Waals surface area contributed by atoms with Gasteiger partial charge in [-0.05, 0) is 74.1 Å². The van der Waals surface area contributed by atoms with Crippen molar-refractivity contribution in [3.63, 3.8) is 0 Å². The van der Waals surface area contributed by atoms with Crippen LogP contribution in [0.15, 0.2) is 54.6 Å². The highest BCUT2D eigenvalue weighted by molar-refractivity contribution is 7.80. The van der Waals surface area contributed by atoms with Crippen molar-refractivity contribution in [2.75, 3.05) is 11.9 Å². The van der Waals surface area contributed by atoms with Gasteiger partial charge in [0.05, 0.1) is 12.1 Å². The molecule has 0 aliphatic rings. The molecule has 138 valence electrons. The molecule has 0 saturated heterocycles. The van der Waals surface area contributed by atoms with Crippen LogP contribution in [-0.2, 0) is 0 Å². The van der Waals surface area contributed by atoms with E-state index in [1.807, 2.05) is 44.2 Å². The predicted molar refractivity (Wildman–Crippen MR) is 112 cm³/mol. The van der Waals surface area contributed by atoms with Crippen LogP contribution >= 0.6 is 12.2 Å². The summed E-state index contributed by atoms with van der Waals surface area (Å²) in [5, 5.41) is 6.96. The van der Waals surface area contributed by atoms with E-state index in [4.69, 9.17) is 17.0 Å². The molecule has 0 aliphatic carbocycles. The molecular formula is C21H21N3O2S.